The summed E-state index contributed by atoms with van der Waals surface area (Å²) in [5, 5.41) is 27.6. The number of β-amino-alcohol motifs (C(OH)–C–C–N with tert-alkyl or cyclic N) is 1. The van der Waals surface area contributed by atoms with Crippen LogP contribution in [0.15, 0.2) is 18.5 Å². The summed E-state index contributed by atoms with van der Waals surface area (Å²) in [4.78, 5) is 39.5. The van der Waals surface area contributed by atoms with Gasteiger partial charge in [-0.05, 0) is 11.5 Å². The van der Waals surface area contributed by atoms with Gasteiger partial charge in [0.2, 0.25) is 11.8 Å². The molecule has 12 heteroatoms. The molecule has 1 saturated heterocycles. The lowest BCUT2D eigenvalue weighted by Crippen LogP contribution is -2.49. The van der Waals surface area contributed by atoms with Crippen LogP contribution in [-0.2, 0) is 23.2 Å². The van der Waals surface area contributed by atoms with Crippen molar-refractivity contribution in [2.75, 3.05) is 13.6 Å². The number of amides is 3. The molecule has 0 aliphatic carbocycles. The summed E-state index contributed by atoms with van der Waals surface area (Å²) in [6.07, 6.45) is 2.56. The SMILES string of the molecule is CNC(=O)[C@@H]1C[C@@H](O)CN1C(=O)[C@@H](n1cc(CNC(=O)c2ccnn2C)nn1)C(C)(C)C. The average molecular weight is 447 g/mol. The smallest absolute Gasteiger partial charge is 0.269 e. The molecule has 0 spiro atoms. The van der Waals surface area contributed by atoms with Crippen molar-refractivity contribution in [2.45, 2.75) is 51.9 Å². The van der Waals surface area contributed by atoms with Crippen molar-refractivity contribution < 1.29 is 19.5 Å². The van der Waals surface area contributed by atoms with Crippen molar-refractivity contribution in [1.82, 2.24) is 40.3 Å². The first-order valence-electron chi connectivity index (χ1n) is 10.4. The summed E-state index contributed by atoms with van der Waals surface area (Å²) in [6.45, 7) is 5.87. The molecule has 1 aliphatic rings. The molecule has 2 aromatic rings. The van der Waals surface area contributed by atoms with Gasteiger partial charge in [-0.2, -0.15) is 5.10 Å². The predicted octanol–water partition coefficient (Wildman–Crippen LogP) is -0.763. The molecule has 1 fully saturated rings. The fourth-order valence-corrected chi connectivity index (χ4v) is 3.89. The largest absolute Gasteiger partial charge is 0.391 e. The van der Waals surface area contributed by atoms with Gasteiger partial charge in [0.15, 0.2) is 0 Å². The third-order valence-corrected chi connectivity index (χ3v) is 5.47. The first kappa shape index (κ1) is 23.4. The molecule has 0 bridgehead atoms. The van der Waals surface area contributed by atoms with Crippen molar-refractivity contribution in [3.05, 3.63) is 29.8 Å². The summed E-state index contributed by atoms with van der Waals surface area (Å²) in [7, 11) is 3.17. The van der Waals surface area contributed by atoms with Gasteiger partial charge < -0.3 is 20.6 Å². The lowest BCUT2D eigenvalue weighted by atomic mass is 9.85. The fraction of sp³-hybridized carbons (Fsp3) is 0.600. The Morgan fingerprint density at radius 3 is 2.62 bits per heavy atom. The number of likely N-dealkylation sites (tertiary alicyclic amines) is 1. The zero-order valence-electron chi connectivity index (χ0n) is 18.9. The highest BCUT2D eigenvalue weighted by atomic mass is 16.3. The molecule has 1 aliphatic heterocycles. The van der Waals surface area contributed by atoms with Crippen molar-refractivity contribution in [1.29, 1.82) is 0 Å². The van der Waals surface area contributed by atoms with Crippen molar-refractivity contribution in [3.63, 3.8) is 0 Å². The Morgan fingerprint density at radius 2 is 2.03 bits per heavy atom. The molecule has 3 amide bonds. The monoisotopic (exact) mass is 446 g/mol. The van der Waals surface area contributed by atoms with E-state index in [1.54, 1.807) is 19.3 Å². The van der Waals surface area contributed by atoms with Gasteiger partial charge in [-0.25, -0.2) is 4.68 Å². The molecule has 3 heterocycles. The van der Waals surface area contributed by atoms with E-state index in [0.717, 1.165) is 0 Å². The maximum atomic E-state index is 13.5. The summed E-state index contributed by atoms with van der Waals surface area (Å²) in [6, 6.07) is 0.107. The number of aryl methyl sites for hydroxylation is 1. The van der Waals surface area contributed by atoms with Crippen LogP contribution in [-0.4, -0.2) is 78.2 Å². The molecular weight excluding hydrogens is 416 g/mol. The summed E-state index contributed by atoms with van der Waals surface area (Å²) >= 11 is 0. The van der Waals surface area contributed by atoms with Gasteiger partial charge in [-0.15, -0.1) is 5.10 Å². The minimum absolute atomic E-state index is 0.0752. The minimum Gasteiger partial charge on any atom is -0.391 e. The van der Waals surface area contributed by atoms with E-state index in [2.05, 4.69) is 26.0 Å². The molecule has 32 heavy (non-hydrogen) atoms. The number of aliphatic hydroxyl groups is 1. The van der Waals surface area contributed by atoms with Gasteiger partial charge in [0, 0.05) is 33.3 Å². The van der Waals surface area contributed by atoms with E-state index in [0.29, 0.717) is 11.4 Å². The quantitative estimate of drug-likeness (QED) is 0.528. The maximum absolute atomic E-state index is 13.5. The second-order valence-corrected chi connectivity index (χ2v) is 8.99. The highest BCUT2D eigenvalue weighted by molar-refractivity contribution is 5.92. The average Bonchev–Trinajstić information content (AvgIpc) is 3.44. The van der Waals surface area contributed by atoms with E-state index in [4.69, 9.17) is 0 Å². The van der Waals surface area contributed by atoms with Gasteiger partial charge in [0.05, 0.1) is 18.8 Å². The summed E-state index contributed by atoms with van der Waals surface area (Å²) < 4.78 is 2.92. The molecular formula is C20H30N8O4. The maximum Gasteiger partial charge on any atom is 0.269 e. The zero-order chi connectivity index (χ0) is 23.6. The number of likely N-dealkylation sites (N-methyl/N-ethyl adjacent to an activating group) is 1. The van der Waals surface area contributed by atoms with E-state index in [1.807, 2.05) is 20.8 Å². The first-order valence-corrected chi connectivity index (χ1v) is 10.4. The lowest BCUT2D eigenvalue weighted by molar-refractivity contribution is -0.144. The molecule has 0 aromatic carbocycles. The van der Waals surface area contributed by atoms with E-state index < -0.39 is 23.6 Å². The number of aliphatic hydroxyl groups excluding tert-OH is 1. The van der Waals surface area contributed by atoms with Crippen molar-refractivity contribution in [2.24, 2.45) is 12.5 Å². The van der Waals surface area contributed by atoms with E-state index in [1.165, 1.54) is 27.5 Å². The van der Waals surface area contributed by atoms with Crippen LogP contribution in [0.4, 0.5) is 0 Å². The number of hydrogen-bond donors (Lipinski definition) is 3. The lowest BCUT2D eigenvalue weighted by Gasteiger charge is -2.34. The van der Waals surface area contributed by atoms with Gasteiger partial charge in [0.25, 0.3) is 5.91 Å². The molecule has 0 saturated carbocycles. The van der Waals surface area contributed by atoms with Crippen LogP contribution in [0.2, 0.25) is 0 Å². The zero-order valence-corrected chi connectivity index (χ0v) is 18.9. The molecule has 0 radical (unpaired) electrons. The normalized spacial score (nSPS) is 19.6. The molecule has 12 nitrogen and oxygen atoms in total. The fourth-order valence-electron chi connectivity index (χ4n) is 3.89. The number of rotatable bonds is 6. The molecule has 3 atom stereocenters. The van der Waals surface area contributed by atoms with Crippen LogP contribution in [0.25, 0.3) is 0 Å². The van der Waals surface area contributed by atoms with Crippen LogP contribution in [0.3, 0.4) is 0 Å². The highest BCUT2D eigenvalue weighted by Gasteiger charge is 2.45. The summed E-state index contributed by atoms with van der Waals surface area (Å²) in [5.41, 5.74) is 0.334. The molecule has 174 valence electrons. The Kier molecular flexibility index (Phi) is 6.63. The van der Waals surface area contributed by atoms with Gasteiger partial charge >= 0.3 is 0 Å². The highest BCUT2D eigenvalue weighted by Crippen LogP contribution is 2.34. The Balaban J connectivity index is 1.78. The molecule has 3 N–H and O–H groups in total. The number of nitrogens with one attached hydrogen (secondary N) is 2. The van der Waals surface area contributed by atoms with Gasteiger partial charge in [-0.3, -0.25) is 19.1 Å². The summed E-state index contributed by atoms with van der Waals surface area (Å²) in [5.74, 6) is -0.944. The topological polar surface area (TPSA) is 147 Å². The van der Waals surface area contributed by atoms with Crippen LogP contribution < -0.4 is 10.6 Å². The minimum atomic E-state index is -0.768. The Labute approximate surface area is 185 Å². The number of hydrogen-bond acceptors (Lipinski definition) is 7. The van der Waals surface area contributed by atoms with Crippen LogP contribution in [0.1, 0.15) is 49.4 Å². The standard InChI is InChI=1S/C20H30N8O4/c1-20(2,3)16(19(32)27-11-13(29)8-15(27)17(30)21-4)28-10-12(24-25-28)9-22-18(31)14-6-7-23-26(14)5/h6-7,10,13,15-16,29H,8-9,11H2,1-5H3,(H,21,30)(H,22,31)/t13-,15+,16-/m1/s1. The molecule has 2 aromatic heterocycles. The Hall–Kier alpha value is -3.28. The van der Waals surface area contributed by atoms with Crippen molar-refractivity contribution in [3.8, 4) is 0 Å². The molecule has 3 rings (SSSR count). The molecule has 0 unspecified atom stereocenters. The van der Waals surface area contributed by atoms with E-state index >= 15 is 0 Å². The Bertz CT molecular complexity index is 992. The number of carbonyl (C=O) groups is 3. The Morgan fingerprint density at radius 1 is 1.31 bits per heavy atom. The second kappa shape index (κ2) is 9.07. The van der Waals surface area contributed by atoms with Crippen LogP contribution >= 0.6 is 0 Å². The number of aromatic nitrogens is 5. The predicted molar refractivity (Wildman–Crippen MR) is 113 cm³/mol. The van der Waals surface area contributed by atoms with Crippen LogP contribution in [0, 0.1) is 5.41 Å². The third-order valence-electron chi connectivity index (χ3n) is 5.47. The van der Waals surface area contributed by atoms with Crippen LogP contribution in [0.5, 0.6) is 0 Å². The first-order chi connectivity index (χ1) is 15.0. The van der Waals surface area contributed by atoms with Gasteiger partial charge in [0.1, 0.15) is 23.5 Å². The number of nitrogens with zero attached hydrogens (tertiary/aromatic N) is 6. The van der Waals surface area contributed by atoms with Gasteiger partial charge in [-0.1, -0.05) is 26.0 Å². The third kappa shape index (κ3) is 4.79. The van der Waals surface area contributed by atoms with E-state index in [-0.39, 0.29) is 37.2 Å². The number of carbonyl (C=O) groups excluding carboxylic acids is 3. The van der Waals surface area contributed by atoms with E-state index in [9.17, 15) is 19.5 Å². The van der Waals surface area contributed by atoms with Crippen molar-refractivity contribution >= 4 is 17.7 Å². The second-order valence-electron chi connectivity index (χ2n) is 8.99.